The van der Waals surface area contributed by atoms with Crippen LogP contribution in [0.25, 0.3) is 0 Å². The van der Waals surface area contributed by atoms with Crippen molar-refractivity contribution in [2.75, 3.05) is 26.2 Å². The van der Waals surface area contributed by atoms with Crippen LogP contribution in [0.3, 0.4) is 0 Å². The molecular formula is C22H30Cl2N2O. The van der Waals surface area contributed by atoms with E-state index in [1.165, 1.54) is 30.4 Å². The number of hydrogen-bond acceptors (Lipinski definition) is 3. The number of halogens is 2. The van der Waals surface area contributed by atoms with Crippen molar-refractivity contribution < 1.29 is 4.74 Å². The quantitative estimate of drug-likeness (QED) is 0.707. The first kappa shape index (κ1) is 22.0. The zero-order chi connectivity index (χ0) is 16.9. The Bertz CT molecular complexity index is 673. The number of nitrogens with zero attached hydrogens (tertiary/aromatic N) is 1. The third-order valence-electron chi connectivity index (χ3n) is 5.36. The molecule has 0 radical (unpaired) electrons. The van der Waals surface area contributed by atoms with E-state index < -0.39 is 0 Å². The van der Waals surface area contributed by atoms with Crippen molar-refractivity contribution in [3.63, 3.8) is 0 Å². The molecular weight excluding hydrogens is 379 g/mol. The minimum absolute atomic E-state index is 0. The van der Waals surface area contributed by atoms with Crippen LogP contribution >= 0.6 is 24.8 Å². The van der Waals surface area contributed by atoms with Crippen LogP contribution in [-0.4, -0.2) is 31.1 Å². The second kappa shape index (κ2) is 10.9. The summed E-state index contributed by atoms with van der Waals surface area (Å²) < 4.78 is 6.25. The summed E-state index contributed by atoms with van der Waals surface area (Å²) in [4.78, 5) is 2.65. The molecule has 148 valence electrons. The standard InChI is InChI=1S/C22H28N2O.2ClH/c1-2-6-19(7-3-1)17-25-22-9-5-4-8-20(22)21(16-18-10-11-18)24-14-12-23-13-15-24;;/h1-9,18,21,23H,10-17H2;2*1H/t21-;;/m0../s1. The summed E-state index contributed by atoms with van der Waals surface area (Å²) in [7, 11) is 0. The molecule has 1 atom stereocenters. The second-order valence-electron chi connectivity index (χ2n) is 7.29. The van der Waals surface area contributed by atoms with Crippen molar-refractivity contribution >= 4 is 24.8 Å². The number of nitrogens with one attached hydrogen (secondary N) is 1. The van der Waals surface area contributed by atoms with Crippen LogP contribution in [-0.2, 0) is 6.61 Å². The lowest BCUT2D eigenvalue weighted by atomic mass is 9.97. The van der Waals surface area contributed by atoms with E-state index in [2.05, 4.69) is 58.7 Å². The highest BCUT2D eigenvalue weighted by atomic mass is 35.5. The van der Waals surface area contributed by atoms with Crippen molar-refractivity contribution in [1.29, 1.82) is 0 Å². The molecule has 1 heterocycles. The van der Waals surface area contributed by atoms with E-state index >= 15 is 0 Å². The first-order valence-electron chi connectivity index (χ1n) is 9.60. The highest BCUT2D eigenvalue weighted by Crippen LogP contribution is 2.42. The van der Waals surface area contributed by atoms with Gasteiger partial charge in [0.25, 0.3) is 0 Å². The molecule has 2 fully saturated rings. The first-order valence-corrected chi connectivity index (χ1v) is 9.60. The monoisotopic (exact) mass is 408 g/mol. The van der Waals surface area contributed by atoms with Crippen LogP contribution in [0.2, 0.25) is 0 Å². The molecule has 0 aromatic heterocycles. The van der Waals surface area contributed by atoms with E-state index in [1.54, 1.807) is 0 Å². The number of hydrogen-bond donors (Lipinski definition) is 1. The lowest BCUT2D eigenvalue weighted by molar-refractivity contribution is 0.156. The van der Waals surface area contributed by atoms with Gasteiger partial charge in [0, 0.05) is 37.8 Å². The van der Waals surface area contributed by atoms with Gasteiger partial charge in [-0.1, -0.05) is 61.4 Å². The number of ether oxygens (including phenoxy) is 1. The first-order chi connectivity index (χ1) is 12.4. The summed E-state index contributed by atoms with van der Waals surface area (Å²) in [5.41, 5.74) is 2.59. The molecule has 3 nitrogen and oxygen atoms in total. The highest BCUT2D eigenvalue weighted by Gasteiger charge is 2.31. The molecule has 2 aromatic carbocycles. The molecule has 2 aromatic rings. The zero-order valence-corrected chi connectivity index (χ0v) is 17.3. The van der Waals surface area contributed by atoms with Gasteiger partial charge in [-0.15, -0.1) is 24.8 Å². The van der Waals surface area contributed by atoms with Gasteiger partial charge in [-0.2, -0.15) is 0 Å². The summed E-state index contributed by atoms with van der Waals surface area (Å²) in [5.74, 6) is 1.96. The fourth-order valence-corrected chi connectivity index (χ4v) is 3.76. The average Bonchev–Trinajstić information content (AvgIpc) is 3.51. The fourth-order valence-electron chi connectivity index (χ4n) is 3.76. The molecule has 27 heavy (non-hydrogen) atoms. The summed E-state index contributed by atoms with van der Waals surface area (Å²) in [6.45, 7) is 5.08. The number of benzene rings is 2. The summed E-state index contributed by atoms with van der Waals surface area (Å²) in [6.07, 6.45) is 4.07. The van der Waals surface area contributed by atoms with Crippen molar-refractivity contribution in [2.45, 2.75) is 31.9 Å². The predicted octanol–water partition coefficient (Wildman–Crippen LogP) is 4.86. The molecule has 1 saturated heterocycles. The Balaban J connectivity index is 0.00000131. The van der Waals surface area contributed by atoms with Crippen LogP contribution in [0.15, 0.2) is 54.6 Å². The molecule has 2 aliphatic rings. The lowest BCUT2D eigenvalue weighted by Crippen LogP contribution is -2.45. The molecule has 0 unspecified atom stereocenters. The van der Waals surface area contributed by atoms with Gasteiger partial charge < -0.3 is 10.1 Å². The maximum absolute atomic E-state index is 6.25. The van der Waals surface area contributed by atoms with Gasteiger partial charge in [0.2, 0.25) is 0 Å². The SMILES string of the molecule is Cl.Cl.c1ccc(COc2ccccc2[C@H](CC2CC2)N2CCNCC2)cc1. The van der Waals surface area contributed by atoms with E-state index in [9.17, 15) is 0 Å². The maximum atomic E-state index is 6.25. The van der Waals surface area contributed by atoms with Crippen molar-refractivity contribution in [3.05, 3.63) is 65.7 Å². The van der Waals surface area contributed by atoms with Gasteiger partial charge >= 0.3 is 0 Å². The van der Waals surface area contributed by atoms with E-state index in [0.29, 0.717) is 12.6 Å². The van der Waals surface area contributed by atoms with Gasteiger partial charge in [-0.05, 0) is 24.0 Å². The van der Waals surface area contributed by atoms with Crippen LogP contribution in [0, 0.1) is 5.92 Å². The Hall–Kier alpha value is -1.26. The average molecular weight is 409 g/mol. The number of para-hydroxylation sites is 1. The summed E-state index contributed by atoms with van der Waals surface area (Å²) in [5, 5.41) is 3.48. The normalized spacial score (nSPS) is 18.1. The van der Waals surface area contributed by atoms with Crippen molar-refractivity contribution in [1.82, 2.24) is 10.2 Å². The lowest BCUT2D eigenvalue weighted by Gasteiger charge is -2.36. The van der Waals surface area contributed by atoms with Gasteiger partial charge in [-0.3, -0.25) is 4.90 Å². The largest absolute Gasteiger partial charge is 0.489 e. The van der Waals surface area contributed by atoms with Crippen molar-refractivity contribution in [2.24, 2.45) is 5.92 Å². The van der Waals surface area contributed by atoms with Gasteiger partial charge in [-0.25, -0.2) is 0 Å². The molecule has 0 spiro atoms. The number of piperazine rings is 1. The maximum Gasteiger partial charge on any atom is 0.124 e. The van der Waals surface area contributed by atoms with E-state index in [-0.39, 0.29) is 24.8 Å². The van der Waals surface area contributed by atoms with Crippen LogP contribution in [0.4, 0.5) is 0 Å². The number of rotatable bonds is 7. The Morgan fingerprint density at radius 2 is 1.59 bits per heavy atom. The third-order valence-corrected chi connectivity index (χ3v) is 5.36. The van der Waals surface area contributed by atoms with Gasteiger partial charge in [0.1, 0.15) is 12.4 Å². The Morgan fingerprint density at radius 1 is 0.926 bits per heavy atom. The zero-order valence-electron chi connectivity index (χ0n) is 15.7. The van der Waals surface area contributed by atoms with Crippen LogP contribution < -0.4 is 10.1 Å². The third kappa shape index (κ3) is 6.11. The minimum atomic E-state index is 0. The van der Waals surface area contributed by atoms with Gasteiger partial charge in [0.15, 0.2) is 0 Å². The highest BCUT2D eigenvalue weighted by molar-refractivity contribution is 5.85. The molecule has 5 heteroatoms. The Morgan fingerprint density at radius 3 is 2.30 bits per heavy atom. The van der Waals surface area contributed by atoms with E-state index in [1.807, 2.05) is 6.07 Å². The Labute approximate surface area is 175 Å². The molecule has 0 amide bonds. The minimum Gasteiger partial charge on any atom is -0.489 e. The molecule has 1 aliphatic carbocycles. The fraction of sp³-hybridized carbons (Fsp3) is 0.455. The molecule has 4 rings (SSSR count). The molecule has 1 saturated carbocycles. The topological polar surface area (TPSA) is 24.5 Å². The summed E-state index contributed by atoms with van der Waals surface area (Å²) >= 11 is 0. The Kier molecular flexibility index (Phi) is 8.91. The van der Waals surface area contributed by atoms with E-state index in [4.69, 9.17) is 4.74 Å². The van der Waals surface area contributed by atoms with Crippen molar-refractivity contribution in [3.8, 4) is 5.75 Å². The van der Waals surface area contributed by atoms with E-state index in [0.717, 1.165) is 37.8 Å². The smallest absolute Gasteiger partial charge is 0.124 e. The van der Waals surface area contributed by atoms with Crippen LogP contribution in [0.1, 0.15) is 36.4 Å². The molecule has 1 N–H and O–H groups in total. The molecule has 1 aliphatic heterocycles. The second-order valence-corrected chi connectivity index (χ2v) is 7.29. The van der Waals surface area contributed by atoms with Gasteiger partial charge in [0.05, 0.1) is 0 Å². The predicted molar refractivity (Wildman–Crippen MR) is 116 cm³/mol. The van der Waals surface area contributed by atoms with Crippen LogP contribution in [0.5, 0.6) is 5.75 Å². The molecule has 0 bridgehead atoms. The summed E-state index contributed by atoms with van der Waals surface area (Å²) in [6, 6.07) is 19.6.